The molecule has 118 valence electrons. The third-order valence-electron chi connectivity index (χ3n) is 3.77. The normalized spacial score (nSPS) is 16.8. The smallest absolute Gasteiger partial charge is 0.231 e. The number of piperidine rings is 1. The van der Waals surface area contributed by atoms with Gasteiger partial charge in [-0.3, -0.25) is 0 Å². The van der Waals surface area contributed by atoms with E-state index in [-0.39, 0.29) is 0 Å². The van der Waals surface area contributed by atoms with E-state index in [0.29, 0.717) is 11.9 Å². The Labute approximate surface area is 132 Å². The first-order valence-corrected chi connectivity index (χ1v) is 9.09. The maximum atomic E-state index is 4.67. The first-order valence-electron chi connectivity index (χ1n) is 8.10. The highest BCUT2D eigenvalue weighted by Crippen LogP contribution is 2.23. The third-order valence-corrected chi connectivity index (χ3v) is 4.95. The van der Waals surface area contributed by atoms with Crippen LogP contribution < -0.4 is 10.2 Å². The minimum absolute atomic E-state index is 0.688. The minimum Gasteiger partial charge on any atom is -0.354 e. The van der Waals surface area contributed by atoms with Gasteiger partial charge >= 0.3 is 0 Å². The van der Waals surface area contributed by atoms with Gasteiger partial charge in [-0.25, -0.2) is 0 Å². The summed E-state index contributed by atoms with van der Waals surface area (Å²) in [5.41, 5.74) is 0. The molecule has 0 aliphatic carbocycles. The molecule has 2 heterocycles. The van der Waals surface area contributed by atoms with Crippen molar-refractivity contribution in [3.8, 4) is 0 Å². The van der Waals surface area contributed by atoms with Crippen molar-refractivity contribution in [2.45, 2.75) is 51.6 Å². The van der Waals surface area contributed by atoms with Gasteiger partial charge in [-0.2, -0.15) is 15.0 Å². The molecule has 2 rings (SSSR count). The molecule has 1 aliphatic heterocycles. The predicted molar refractivity (Wildman–Crippen MR) is 90.2 cm³/mol. The van der Waals surface area contributed by atoms with Gasteiger partial charge in [0.1, 0.15) is 0 Å². The highest BCUT2D eigenvalue weighted by molar-refractivity contribution is 7.99. The summed E-state index contributed by atoms with van der Waals surface area (Å²) in [6.45, 7) is 9.51. The molecule has 0 aromatic carbocycles. The van der Waals surface area contributed by atoms with Crippen molar-refractivity contribution in [3.05, 3.63) is 0 Å². The second-order valence-electron chi connectivity index (χ2n) is 5.64. The van der Waals surface area contributed by atoms with Crippen molar-refractivity contribution in [2.75, 3.05) is 35.6 Å². The molecule has 1 aromatic rings. The largest absolute Gasteiger partial charge is 0.354 e. The van der Waals surface area contributed by atoms with Crippen molar-refractivity contribution in [3.63, 3.8) is 0 Å². The number of hydrogen-bond donors (Lipinski definition) is 1. The van der Waals surface area contributed by atoms with Gasteiger partial charge in [0.25, 0.3) is 0 Å². The SMILES string of the molecule is CCNc1nc(SCC(C)CC)nc(N2CCCCC2)n1. The molecular weight excluding hydrogens is 282 g/mol. The molecule has 1 N–H and O–H groups in total. The average Bonchev–Trinajstić information content (AvgIpc) is 2.53. The quantitative estimate of drug-likeness (QED) is 0.779. The maximum absolute atomic E-state index is 4.67. The van der Waals surface area contributed by atoms with Crippen LogP contribution in [0.5, 0.6) is 0 Å². The van der Waals surface area contributed by atoms with E-state index >= 15 is 0 Å². The molecule has 0 bridgehead atoms. The Morgan fingerprint density at radius 2 is 1.90 bits per heavy atom. The van der Waals surface area contributed by atoms with E-state index in [4.69, 9.17) is 0 Å². The average molecular weight is 309 g/mol. The highest BCUT2D eigenvalue weighted by atomic mass is 32.2. The summed E-state index contributed by atoms with van der Waals surface area (Å²) in [5.74, 6) is 3.30. The van der Waals surface area contributed by atoms with E-state index in [1.165, 1.54) is 25.7 Å². The Morgan fingerprint density at radius 1 is 1.14 bits per heavy atom. The summed E-state index contributed by atoms with van der Waals surface area (Å²) in [7, 11) is 0. The monoisotopic (exact) mass is 309 g/mol. The third kappa shape index (κ3) is 5.02. The summed E-state index contributed by atoms with van der Waals surface area (Å²) in [4.78, 5) is 16.1. The fraction of sp³-hybridized carbons (Fsp3) is 0.800. The Hall–Kier alpha value is -1.04. The zero-order valence-corrected chi connectivity index (χ0v) is 14.2. The maximum Gasteiger partial charge on any atom is 0.231 e. The molecule has 21 heavy (non-hydrogen) atoms. The lowest BCUT2D eigenvalue weighted by Crippen LogP contribution is -2.31. The van der Waals surface area contributed by atoms with Crippen LogP contribution in [0.3, 0.4) is 0 Å². The highest BCUT2D eigenvalue weighted by Gasteiger charge is 2.16. The number of thioether (sulfide) groups is 1. The summed E-state index contributed by atoms with van der Waals surface area (Å²) < 4.78 is 0. The van der Waals surface area contributed by atoms with Crippen LogP contribution in [0, 0.1) is 5.92 Å². The van der Waals surface area contributed by atoms with Crippen LogP contribution in [-0.2, 0) is 0 Å². The second-order valence-corrected chi connectivity index (χ2v) is 6.63. The van der Waals surface area contributed by atoms with E-state index in [9.17, 15) is 0 Å². The molecule has 1 unspecified atom stereocenters. The lowest BCUT2D eigenvalue weighted by atomic mass is 10.1. The van der Waals surface area contributed by atoms with Crippen LogP contribution >= 0.6 is 11.8 Å². The first kappa shape index (κ1) is 16.3. The van der Waals surface area contributed by atoms with Gasteiger partial charge in [0, 0.05) is 25.4 Å². The van der Waals surface area contributed by atoms with Crippen molar-refractivity contribution in [1.82, 2.24) is 15.0 Å². The van der Waals surface area contributed by atoms with Gasteiger partial charge in [-0.1, -0.05) is 32.0 Å². The number of rotatable bonds is 7. The summed E-state index contributed by atoms with van der Waals surface area (Å²) >= 11 is 1.74. The van der Waals surface area contributed by atoms with Crippen LogP contribution in [0.25, 0.3) is 0 Å². The molecule has 0 spiro atoms. The number of hydrogen-bond acceptors (Lipinski definition) is 6. The molecule has 1 aromatic heterocycles. The summed E-state index contributed by atoms with van der Waals surface area (Å²) in [5, 5.41) is 4.08. The van der Waals surface area contributed by atoms with E-state index in [1.807, 2.05) is 0 Å². The van der Waals surface area contributed by atoms with Crippen LogP contribution in [0.1, 0.15) is 46.5 Å². The molecular formula is C15H27N5S. The fourth-order valence-corrected chi connectivity index (χ4v) is 3.18. The molecule has 0 amide bonds. The van der Waals surface area contributed by atoms with E-state index in [1.54, 1.807) is 11.8 Å². The van der Waals surface area contributed by atoms with Gasteiger partial charge in [-0.05, 0) is 32.1 Å². The first-order chi connectivity index (χ1) is 10.2. The van der Waals surface area contributed by atoms with Gasteiger partial charge in [0.15, 0.2) is 5.16 Å². The predicted octanol–water partition coefficient (Wildman–Crippen LogP) is 3.43. The van der Waals surface area contributed by atoms with Crippen molar-refractivity contribution in [1.29, 1.82) is 0 Å². The van der Waals surface area contributed by atoms with Crippen molar-refractivity contribution < 1.29 is 0 Å². The molecule has 6 heteroatoms. The number of anilines is 2. The summed E-state index contributed by atoms with van der Waals surface area (Å²) in [6, 6.07) is 0. The van der Waals surface area contributed by atoms with E-state index < -0.39 is 0 Å². The van der Waals surface area contributed by atoms with E-state index in [0.717, 1.165) is 36.5 Å². The Morgan fingerprint density at radius 3 is 2.57 bits per heavy atom. The molecule has 1 atom stereocenters. The lowest BCUT2D eigenvalue weighted by molar-refractivity contribution is 0.564. The van der Waals surface area contributed by atoms with Gasteiger partial charge in [0.05, 0.1) is 0 Å². The second kappa shape index (κ2) is 8.41. The minimum atomic E-state index is 0.688. The van der Waals surface area contributed by atoms with Crippen molar-refractivity contribution in [2.24, 2.45) is 5.92 Å². The van der Waals surface area contributed by atoms with Gasteiger partial charge < -0.3 is 10.2 Å². The molecule has 0 radical (unpaired) electrons. The fourth-order valence-electron chi connectivity index (χ4n) is 2.22. The lowest BCUT2D eigenvalue weighted by Gasteiger charge is -2.27. The Bertz CT molecular complexity index is 434. The van der Waals surface area contributed by atoms with Crippen LogP contribution in [0.4, 0.5) is 11.9 Å². The van der Waals surface area contributed by atoms with Crippen LogP contribution in [0.15, 0.2) is 5.16 Å². The number of nitrogens with zero attached hydrogens (tertiary/aromatic N) is 4. The van der Waals surface area contributed by atoms with Gasteiger partial charge in [0.2, 0.25) is 11.9 Å². The van der Waals surface area contributed by atoms with Gasteiger partial charge in [-0.15, -0.1) is 0 Å². The molecule has 5 nitrogen and oxygen atoms in total. The zero-order chi connectivity index (χ0) is 15.1. The number of aromatic nitrogens is 3. The van der Waals surface area contributed by atoms with E-state index in [2.05, 4.69) is 45.9 Å². The topological polar surface area (TPSA) is 53.9 Å². The molecule has 0 saturated carbocycles. The standard InChI is InChI=1S/C15H27N5S/c1-4-12(3)11-21-15-18-13(16-5-2)17-14(19-15)20-9-7-6-8-10-20/h12H,4-11H2,1-3H3,(H,16,17,18,19). The Kier molecular flexibility index (Phi) is 6.54. The number of nitrogens with one attached hydrogen (secondary N) is 1. The molecule has 1 aliphatic rings. The van der Waals surface area contributed by atoms with Crippen LogP contribution in [-0.4, -0.2) is 40.3 Å². The molecule has 1 saturated heterocycles. The van der Waals surface area contributed by atoms with Crippen molar-refractivity contribution >= 4 is 23.7 Å². The molecule has 1 fully saturated rings. The van der Waals surface area contributed by atoms with Crippen LogP contribution in [0.2, 0.25) is 0 Å². The zero-order valence-electron chi connectivity index (χ0n) is 13.4. The Balaban J connectivity index is 2.12. The summed E-state index contributed by atoms with van der Waals surface area (Å²) in [6.07, 6.45) is 4.98.